The summed E-state index contributed by atoms with van der Waals surface area (Å²) < 4.78 is 0.971. The van der Waals surface area contributed by atoms with Crippen molar-refractivity contribution in [2.75, 3.05) is 0 Å². The number of phenolic OH excluding ortho intramolecular Hbond substituents is 2. The van der Waals surface area contributed by atoms with Crippen LogP contribution in [0, 0.1) is 0 Å². The van der Waals surface area contributed by atoms with Crippen molar-refractivity contribution in [2.24, 2.45) is 0 Å². The van der Waals surface area contributed by atoms with Gasteiger partial charge < -0.3 is 15.2 Å². The van der Waals surface area contributed by atoms with E-state index in [0.717, 1.165) is 21.1 Å². The third-order valence-electron chi connectivity index (χ3n) is 2.69. The summed E-state index contributed by atoms with van der Waals surface area (Å²) in [6.07, 6.45) is 0. The highest BCUT2D eigenvalue weighted by Crippen LogP contribution is 2.30. The first-order valence-electron chi connectivity index (χ1n) is 5.31. The van der Waals surface area contributed by atoms with Gasteiger partial charge in [-0.3, -0.25) is 0 Å². The second kappa shape index (κ2) is 4.03. The third kappa shape index (κ3) is 1.82. The van der Waals surface area contributed by atoms with Gasteiger partial charge in [-0.05, 0) is 36.4 Å². The van der Waals surface area contributed by atoms with Crippen LogP contribution >= 0.6 is 15.9 Å². The van der Waals surface area contributed by atoms with Crippen LogP contribution in [0.3, 0.4) is 0 Å². The molecule has 4 nitrogen and oxygen atoms in total. The quantitative estimate of drug-likeness (QED) is 0.603. The largest absolute Gasteiger partial charge is 0.504 e. The van der Waals surface area contributed by atoms with Crippen molar-refractivity contribution < 1.29 is 10.2 Å². The lowest BCUT2D eigenvalue weighted by Gasteiger charge is -1.99. The molecule has 5 heteroatoms. The first kappa shape index (κ1) is 11.1. The Bertz CT molecular complexity index is 737. The molecule has 0 bridgehead atoms. The summed E-state index contributed by atoms with van der Waals surface area (Å²) in [6, 6.07) is 10.4. The molecular weight excluding hydrogens is 296 g/mol. The van der Waals surface area contributed by atoms with Gasteiger partial charge in [-0.15, -0.1) is 0 Å². The summed E-state index contributed by atoms with van der Waals surface area (Å²) >= 11 is 3.40. The number of aromatic nitrogens is 2. The minimum Gasteiger partial charge on any atom is -0.504 e. The zero-order valence-electron chi connectivity index (χ0n) is 9.18. The maximum Gasteiger partial charge on any atom is 0.158 e. The smallest absolute Gasteiger partial charge is 0.158 e. The molecule has 3 rings (SSSR count). The van der Waals surface area contributed by atoms with Gasteiger partial charge >= 0.3 is 0 Å². The summed E-state index contributed by atoms with van der Waals surface area (Å²) in [5, 5.41) is 18.8. The first-order chi connectivity index (χ1) is 8.63. The van der Waals surface area contributed by atoms with E-state index < -0.39 is 0 Å². The molecule has 0 unspecified atom stereocenters. The van der Waals surface area contributed by atoms with Crippen LogP contribution in [-0.4, -0.2) is 20.2 Å². The summed E-state index contributed by atoms with van der Waals surface area (Å²) in [5.74, 6) is 0.352. The number of imidazole rings is 1. The van der Waals surface area contributed by atoms with Crippen molar-refractivity contribution in [3.63, 3.8) is 0 Å². The lowest BCUT2D eigenvalue weighted by molar-refractivity contribution is 0.404. The molecule has 0 fully saturated rings. The lowest BCUT2D eigenvalue weighted by atomic mass is 10.2. The van der Waals surface area contributed by atoms with E-state index in [2.05, 4.69) is 25.9 Å². The molecule has 0 aliphatic carbocycles. The van der Waals surface area contributed by atoms with Crippen LogP contribution < -0.4 is 0 Å². The lowest BCUT2D eigenvalue weighted by Crippen LogP contribution is -1.80. The highest BCUT2D eigenvalue weighted by atomic mass is 79.9. The zero-order chi connectivity index (χ0) is 12.7. The van der Waals surface area contributed by atoms with Crippen LogP contribution in [0.1, 0.15) is 0 Å². The van der Waals surface area contributed by atoms with Crippen molar-refractivity contribution in [3.05, 3.63) is 40.9 Å². The van der Waals surface area contributed by atoms with Gasteiger partial charge in [0, 0.05) is 10.0 Å². The molecule has 0 aliphatic heterocycles. The number of nitrogens with zero attached hydrogens (tertiary/aromatic N) is 1. The minimum absolute atomic E-state index is 0.141. The van der Waals surface area contributed by atoms with E-state index in [1.54, 1.807) is 6.07 Å². The number of aromatic amines is 1. The van der Waals surface area contributed by atoms with Crippen molar-refractivity contribution in [3.8, 4) is 22.9 Å². The highest BCUT2D eigenvalue weighted by molar-refractivity contribution is 9.10. The number of benzene rings is 2. The maximum absolute atomic E-state index is 9.48. The van der Waals surface area contributed by atoms with Gasteiger partial charge in [0.1, 0.15) is 5.82 Å². The first-order valence-corrected chi connectivity index (χ1v) is 6.10. The topological polar surface area (TPSA) is 69.1 Å². The van der Waals surface area contributed by atoms with Crippen molar-refractivity contribution in [1.82, 2.24) is 9.97 Å². The van der Waals surface area contributed by atoms with Crippen LogP contribution in [-0.2, 0) is 0 Å². The summed E-state index contributed by atoms with van der Waals surface area (Å²) in [7, 11) is 0. The summed E-state index contributed by atoms with van der Waals surface area (Å²) in [4.78, 5) is 7.59. The fraction of sp³-hybridized carbons (Fsp3) is 0. The van der Waals surface area contributed by atoms with Gasteiger partial charge in [0.25, 0.3) is 0 Å². The predicted molar refractivity (Wildman–Crippen MR) is 72.6 cm³/mol. The molecule has 0 spiro atoms. The summed E-state index contributed by atoms with van der Waals surface area (Å²) in [6.45, 7) is 0. The molecule has 3 N–H and O–H groups in total. The van der Waals surface area contributed by atoms with Gasteiger partial charge in [0.2, 0.25) is 0 Å². The monoisotopic (exact) mass is 304 g/mol. The number of fused-ring (bicyclic) bond motifs is 1. The van der Waals surface area contributed by atoms with Crippen LogP contribution in [0.4, 0.5) is 0 Å². The molecule has 1 aromatic heterocycles. The Balaban J connectivity index is 2.16. The summed E-state index contributed by atoms with van der Waals surface area (Å²) in [5.41, 5.74) is 2.48. The number of phenols is 2. The Hall–Kier alpha value is -2.01. The van der Waals surface area contributed by atoms with E-state index in [1.165, 1.54) is 12.1 Å². The van der Waals surface area contributed by atoms with Gasteiger partial charge in [0.05, 0.1) is 11.0 Å². The Morgan fingerprint density at radius 3 is 2.61 bits per heavy atom. The number of hydrogen-bond donors (Lipinski definition) is 3. The fourth-order valence-corrected chi connectivity index (χ4v) is 2.15. The van der Waals surface area contributed by atoms with Crippen LogP contribution in [0.25, 0.3) is 22.4 Å². The van der Waals surface area contributed by atoms with Gasteiger partial charge in [0.15, 0.2) is 11.5 Å². The Labute approximate surface area is 111 Å². The van der Waals surface area contributed by atoms with E-state index in [0.29, 0.717) is 5.82 Å². The second-order valence-corrected chi connectivity index (χ2v) is 4.87. The molecule has 3 aromatic rings. The number of H-pyrrole nitrogens is 1. The number of halogens is 1. The Morgan fingerprint density at radius 2 is 1.83 bits per heavy atom. The Morgan fingerprint density at radius 1 is 1.00 bits per heavy atom. The Kier molecular flexibility index (Phi) is 2.48. The molecule has 0 atom stereocenters. The van der Waals surface area contributed by atoms with E-state index >= 15 is 0 Å². The zero-order valence-corrected chi connectivity index (χ0v) is 10.8. The molecule has 0 saturated heterocycles. The van der Waals surface area contributed by atoms with Crippen molar-refractivity contribution >= 4 is 27.0 Å². The normalized spacial score (nSPS) is 10.9. The maximum atomic E-state index is 9.48. The fourth-order valence-electron chi connectivity index (χ4n) is 1.79. The average molecular weight is 305 g/mol. The van der Waals surface area contributed by atoms with Crippen LogP contribution in [0.2, 0.25) is 0 Å². The minimum atomic E-state index is -0.158. The van der Waals surface area contributed by atoms with Crippen molar-refractivity contribution in [2.45, 2.75) is 0 Å². The number of nitrogens with one attached hydrogen (secondary N) is 1. The second-order valence-electron chi connectivity index (χ2n) is 3.95. The molecule has 2 aromatic carbocycles. The number of hydrogen-bond acceptors (Lipinski definition) is 3. The van der Waals surface area contributed by atoms with Gasteiger partial charge in [-0.25, -0.2) is 4.98 Å². The molecule has 0 saturated carbocycles. The molecule has 0 amide bonds. The third-order valence-corrected chi connectivity index (χ3v) is 3.19. The molecule has 18 heavy (non-hydrogen) atoms. The molecule has 90 valence electrons. The SMILES string of the molecule is Oc1ccc(-c2nc3ccc(Br)cc3[nH]2)cc1O. The van der Waals surface area contributed by atoms with Crippen molar-refractivity contribution in [1.29, 1.82) is 0 Å². The highest BCUT2D eigenvalue weighted by Gasteiger charge is 2.08. The number of rotatable bonds is 1. The van der Waals surface area contributed by atoms with E-state index in [-0.39, 0.29) is 11.5 Å². The standard InChI is InChI=1S/C13H9BrN2O2/c14-8-2-3-9-10(6-8)16-13(15-9)7-1-4-11(17)12(18)5-7/h1-6,17-18H,(H,15,16). The molecule has 0 radical (unpaired) electrons. The van der Waals surface area contributed by atoms with E-state index in [4.69, 9.17) is 0 Å². The molecule has 1 heterocycles. The van der Waals surface area contributed by atoms with Gasteiger partial charge in [-0.2, -0.15) is 0 Å². The van der Waals surface area contributed by atoms with E-state index in [9.17, 15) is 10.2 Å². The van der Waals surface area contributed by atoms with Crippen LogP contribution in [0.5, 0.6) is 11.5 Å². The van der Waals surface area contributed by atoms with Crippen LogP contribution in [0.15, 0.2) is 40.9 Å². The van der Waals surface area contributed by atoms with E-state index in [1.807, 2.05) is 18.2 Å². The average Bonchev–Trinajstić information content (AvgIpc) is 2.75. The number of aromatic hydroxyl groups is 2. The molecular formula is C13H9BrN2O2. The van der Waals surface area contributed by atoms with Gasteiger partial charge in [-0.1, -0.05) is 15.9 Å². The molecule has 0 aliphatic rings. The predicted octanol–water partition coefficient (Wildman–Crippen LogP) is 3.40.